The number of anilines is 3. The molecule has 0 aliphatic carbocycles. The van der Waals surface area contributed by atoms with E-state index in [1.54, 1.807) is 0 Å². The van der Waals surface area contributed by atoms with Crippen molar-refractivity contribution in [3.05, 3.63) is 89.5 Å². The summed E-state index contributed by atoms with van der Waals surface area (Å²) in [4.78, 5) is 2.40. The summed E-state index contributed by atoms with van der Waals surface area (Å²) in [6.07, 6.45) is 5.95. The van der Waals surface area contributed by atoms with Gasteiger partial charge >= 0.3 is 0 Å². The fraction of sp³-hybridized carbons (Fsp3) is 0.471. The molecule has 0 saturated carbocycles. The first kappa shape index (κ1) is 27.1. The molecule has 0 bridgehead atoms. The predicted octanol–water partition coefficient (Wildman–Crippen LogP) is 10.8. The van der Waals surface area contributed by atoms with Crippen LogP contribution in [0.15, 0.2) is 72.8 Å². The van der Waals surface area contributed by atoms with Crippen molar-refractivity contribution in [3.8, 4) is 0 Å². The summed E-state index contributed by atoms with van der Waals surface area (Å²) >= 11 is 0. The summed E-state index contributed by atoms with van der Waals surface area (Å²) in [7, 11) is 0. The molecule has 1 heteroatoms. The SMILES string of the molecule is CCCC(C)(C)c1ccc(N(c2ccc(C(C)CC)cc2)c2ccc(C(C)(C)CCC)cc2)cc1. The molecule has 0 saturated heterocycles. The summed E-state index contributed by atoms with van der Waals surface area (Å²) < 4.78 is 0. The second-order valence-corrected chi connectivity index (χ2v) is 11.6. The Morgan fingerprint density at radius 2 is 0.914 bits per heavy atom. The topological polar surface area (TPSA) is 3.24 Å². The molecule has 1 atom stereocenters. The minimum absolute atomic E-state index is 0.197. The highest BCUT2D eigenvalue weighted by Gasteiger charge is 2.22. The Morgan fingerprint density at radius 3 is 1.23 bits per heavy atom. The van der Waals surface area contributed by atoms with Gasteiger partial charge in [0.15, 0.2) is 0 Å². The van der Waals surface area contributed by atoms with Gasteiger partial charge < -0.3 is 4.90 Å². The van der Waals surface area contributed by atoms with Gasteiger partial charge in [0.2, 0.25) is 0 Å². The second kappa shape index (κ2) is 11.5. The third kappa shape index (κ3) is 6.37. The van der Waals surface area contributed by atoms with Gasteiger partial charge in [-0.2, -0.15) is 0 Å². The van der Waals surface area contributed by atoms with Crippen LogP contribution >= 0.6 is 0 Å². The third-order valence-electron chi connectivity index (χ3n) is 7.90. The van der Waals surface area contributed by atoms with Crippen LogP contribution in [0.3, 0.4) is 0 Å². The average Bonchev–Trinajstić information content (AvgIpc) is 2.85. The molecule has 0 N–H and O–H groups in total. The van der Waals surface area contributed by atoms with E-state index in [-0.39, 0.29) is 10.8 Å². The highest BCUT2D eigenvalue weighted by molar-refractivity contribution is 5.77. The highest BCUT2D eigenvalue weighted by Crippen LogP contribution is 2.38. The predicted molar refractivity (Wildman–Crippen MR) is 156 cm³/mol. The maximum atomic E-state index is 2.40. The van der Waals surface area contributed by atoms with E-state index in [1.165, 1.54) is 59.4 Å². The molecule has 0 amide bonds. The quantitative estimate of drug-likeness (QED) is 0.270. The Morgan fingerprint density at radius 1 is 0.571 bits per heavy atom. The second-order valence-electron chi connectivity index (χ2n) is 11.6. The maximum Gasteiger partial charge on any atom is 0.0461 e. The van der Waals surface area contributed by atoms with Gasteiger partial charge in [-0.3, -0.25) is 0 Å². The normalized spacial score (nSPS) is 13.0. The van der Waals surface area contributed by atoms with Gasteiger partial charge in [-0.15, -0.1) is 0 Å². The Bertz CT molecular complexity index is 978. The van der Waals surface area contributed by atoms with Crippen LogP contribution in [0, 0.1) is 0 Å². The van der Waals surface area contributed by atoms with Gasteiger partial charge in [0.25, 0.3) is 0 Å². The van der Waals surface area contributed by atoms with E-state index >= 15 is 0 Å². The van der Waals surface area contributed by atoms with Crippen molar-refractivity contribution in [1.29, 1.82) is 0 Å². The van der Waals surface area contributed by atoms with Crippen LogP contribution in [-0.4, -0.2) is 0 Å². The minimum atomic E-state index is 0.197. The van der Waals surface area contributed by atoms with Gasteiger partial charge in [0, 0.05) is 17.1 Å². The van der Waals surface area contributed by atoms with Crippen LogP contribution in [0.1, 0.15) is 110 Å². The summed E-state index contributed by atoms with van der Waals surface area (Å²) in [5.41, 5.74) is 8.24. The molecule has 0 aromatic heterocycles. The molecule has 0 fully saturated rings. The molecule has 1 unspecified atom stereocenters. The molecule has 0 aliphatic rings. The highest BCUT2D eigenvalue weighted by atomic mass is 15.1. The van der Waals surface area contributed by atoms with Gasteiger partial charge in [0.05, 0.1) is 0 Å². The minimum Gasteiger partial charge on any atom is -0.311 e. The third-order valence-corrected chi connectivity index (χ3v) is 7.90. The number of benzene rings is 3. The van der Waals surface area contributed by atoms with Crippen molar-refractivity contribution in [2.75, 3.05) is 4.90 Å². The lowest BCUT2D eigenvalue weighted by Crippen LogP contribution is -2.18. The molecule has 1 nitrogen and oxygen atoms in total. The number of rotatable bonds is 11. The molecule has 3 aromatic rings. The van der Waals surface area contributed by atoms with Gasteiger partial charge in [0.1, 0.15) is 0 Å². The van der Waals surface area contributed by atoms with Crippen LogP contribution in [0.4, 0.5) is 17.1 Å². The monoisotopic (exact) mass is 469 g/mol. The fourth-order valence-corrected chi connectivity index (χ4v) is 5.30. The van der Waals surface area contributed by atoms with Crippen molar-refractivity contribution in [2.24, 2.45) is 0 Å². The van der Waals surface area contributed by atoms with Crippen LogP contribution in [-0.2, 0) is 10.8 Å². The van der Waals surface area contributed by atoms with E-state index in [4.69, 9.17) is 0 Å². The Labute approximate surface area is 215 Å². The summed E-state index contributed by atoms with van der Waals surface area (Å²) in [6, 6.07) is 27.6. The molecule has 3 aromatic carbocycles. The van der Waals surface area contributed by atoms with E-state index in [9.17, 15) is 0 Å². The van der Waals surface area contributed by atoms with E-state index < -0.39 is 0 Å². The first-order chi connectivity index (χ1) is 16.6. The molecule has 0 radical (unpaired) electrons. The van der Waals surface area contributed by atoms with Crippen molar-refractivity contribution in [3.63, 3.8) is 0 Å². The zero-order valence-corrected chi connectivity index (χ0v) is 23.5. The number of nitrogens with zero attached hydrogens (tertiary/aromatic N) is 1. The molecular formula is C34H47N. The molecule has 35 heavy (non-hydrogen) atoms. The summed E-state index contributed by atoms with van der Waals surface area (Å²) in [5, 5.41) is 0. The summed E-state index contributed by atoms with van der Waals surface area (Å²) in [5.74, 6) is 0.581. The van der Waals surface area contributed by atoms with Crippen molar-refractivity contribution < 1.29 is 0 Å². The zero-order valence-electron chi connectivity index (χ0n) is 23.5. The largest absolute Gasteiger partial charge is 0.311 e. The number of hydrogen-bond acceptors (Lipinski definition) is 1. The van der Waals surface area contributed by atoms with Crippen LogP contribution in [0.5, 0.6) is 0 Å². The first-order valence-electron chi connectivity index (χ1n) is 13.7. The van der Waals surface area contributed by atoms with Crippen molar-refractivity contribution in [1.82, 2.24) is 0 Å². The Balaban J connectivity index is 2.03. The molecule has 0 heterocycles. The fourth-order valence-electron chi connectivity index (χ4n) is 5.30. The van der Waals surface area contributed by atoms with E-state index in [2.05, 4.69) is 133 Å². The van der Waals surface area contributed by atoms with Gasteiger partial charge in [-0.05, 0) is 89.1 Å². The van der Waals surface area contributed by atoms with Crippen LogP contribution < -0.4 is 4.90 Å². The van der Waals surface area contributed by atoms with Crippen molar-refractivity contribution >= 4 is 17.1 Å². The first-order valence-corrected chi connectivity index (χ1v) is 13.7. The van der Waals surface area contributed by atoms with Crippen LogP contribution in [0.25, 0.3) is 0 Å². The van der Waals surface area contributed by atoms with Crippen molar-refractivity contribution in [2.45, 2.75) is 104 Å². The lowest BCUT2D eigenvalue weighted by Gasteiger charge is -2.30. The van der Waals surface area contributed by atoms with E-state index in [0.29, 0.717) is 5.92 Å². The zero-order chi connectivity index (χ0) is 25.6. The van der Waals surface area contributed by atoms with E-state index in [1.807, 2.05) is 0 Å². The smallest absolute Gasteiger partial charge is 0.0461 e. The van der Waals surface area contributed by atoms with E-state index in [0.717, 1.165) is 6.42 Å². The molecule has 3 rings (SSSR count). The van der Waals surface area contributed by atoms with Gasteiger partial charge in [-0.1, -0.05) is 105 Å². The number of hydrogen-bond donors (Lipinski definition) is 0. The molecule has 188 valence electrons. The van der Waals surface area contributed by atoms with Crippen LogP contribution in [0.2, 0.25) is 0 Å². The standard InChI is InChI=1S/C34H47N/c1-9-24-33(5,6)28-14-20-31(21-15-28)35(30-18-12-27(13-19-30)26(4)11-3)32-22-16-29(17-23-32)34(7,8)25-10-2/h12-23,26H,9-11,24-25H2,1-8H3. The lowest BCUT2D eigenvalue weighted by molar-refractivity contribution is 0.473. The Hall–Kier alpha value is -2.54. The molecule has 0 spiro atoms. The molecule has 0 aliphatic heterocycles. The lowest BCUT2D eigenvalue weighted by atomic mass is 9.80. The molecular weight excluding hydrogens is 422 g/mol. The summed E-state index contributed by atoms with van der Waals surface area (Å²) in [6.45, 7) is 18.5. The maximum absolute atomic E-state index is 2.40. The Kier molecular flexibility index (Phi) is 8.86. The van der Waals surface area contributed by atoms with Gasteiger partial charge in [-0.25, -0.2) is 0 Å². The average molecular weight is 470 g/mol.